The molecule has 168 valence electrons. The molecule has 0 spiro atoms. The molecular formula is C24H19ClN2O5S. The van der Waals surface area contributed by atoms with Crippen molar-refractivity contribution in [1.82, 2.24) is 4.57 Å². The first kappa shape index (κ1) is 22.7. The standard InChI is InChI=1S/C24H19ClN2O5S/c1-13-20(23(30)31-3)21(16-9-5-6-10-17(16)25)27-22(29)19(33-24(27)26-13)12-15-8-4-7-11-18(15)32-14(2)28/h4-12,21H,1-3H3/t21-/m1/s1. The summed E-state index contributed by atoms with van der Waals surface area (Å²) in [6.45, 7) is 3.01. The number of allylic oxidation sites excluding steroid dienone is 1. The van der Waals surface area contributed by atoms with Gasteiger partial charge in [0.2, 0.25) is 0 Å². The van der Waals surface area contributed by atoms with Gasteiger partial charge in [-0.1, -0.05) is 59.3 Å². The number of esters is 2. The van der Waals surface area contributed by atoms with Gasteiger partial charge in [-0.15, -0.1) is 0 Å². The molecule has 0 aliphatic carbocycles. The Morgan fingerprint density at radius 2 is 1.85 bits per heavy atom. The van der Waals surface area contributed by atoms with Crippen LogP contribution in [0.3, 0.4) is 0 Å². The maximum absolute atomic E-state index is 13.6. The Morgan fingerprint density at radius 3 is 2.55 bits per heavy atom. The van der Waals surface area contributed by atoms with Crippen molar-refractivity contribution in [2.75, 3.05) is 7.11 Å². The van der Waals surface area contributed by atoms with Crippen LogP contribution in [0.25, 0.3) is 6.08 Å². The molecule has 1 aromatic heterocycles. The summed E-state index contributed by atoms with van der Waals surface area (Å²) in [5, 5.41) is 0.411. The zero-order chi connectivity index (χ0) is 23.7. The molecule has 1 aliphatic heterocycles. The minimum absolute atomic E-state index is 0.241. The van der Waals surface area contributed by atoms with Crippen molar-refractivity contribution >= 4 is 41.0 Å². The molecule has 9 heteroatoms. The Morgan fingerprint density at radius 1 is 1.15 bits per heavy atom. The highest BCUT2D eigenvalue weighted by molar-refractivity contribution is 7.07. The van der Waals surface area contributed by atoms with Crippen molar-refractivity contribution in [1.29, 1.82) is 0 Å². The second kappa shape index (κ2) is 9.17. The monoisotopic (exact) mass is 482 g/mol. The summed E-state index contributed by atoms with van der Waals surface area (Å²) in [5.74, 6) is -0.713. The lowest BCUT2D eigenvalue weighted by atomic mass is 9.96. The normalized spacial score (nSPS) is 15.6. The van der Waals surface area contributed by atoms with Gasteiger partial charge in [0, 0.05) is 17.5 Å². The minimum atomic E-state index is -0.798. The second-order valence-electron chi connectivity index (χ2n) is 7.23. The number of aromatic nitrogens is 1. The molecule has 33 heavy (non-hydrogen) atoms. The number of halogens is 1. The smallest absolute Gasteiger partial charge is 0.338 e. The van der Waals surface area contributed by atoms with E-state index < -0.39 is 18.0 Å². The van der Waals surface area contributed by atoms with Crippen molar-refractivity contribution in [3.63, 3.8) is 0 Å². The van der Waals surface area contributed by atoms with E-state index in [9.17, 15) is 14.4 Å². The second-order valence-corrected chi connectivity index (χ2v) is 8.64. The fourth-order valence-electron chi connectivity index (χ4n) is 3.67. The number of ether oxygens (including phenoxy) is 2. The van der Waals surface area contributed by atoms with Crippen LogP contribution in [-0.4, -0.2) is 23.6 Å². The fraction of sp³-hybridized carbons (Fsp3) is 0.167. The Kier molecular flexibility index (Phi) is 6.31. The van der Waals surface area contributed by atoms with Crippen molar-refractivity contribution in [3.05, 3.63) is 95.6 Å². The molecule has 0 unspecified atom stereocenters. The van der Waals surface area contributed by atoms with Gasteiger partial charge in [-0.05, 0) is 30.7 Å². The van der Waals surface area contributed by atoms with Gasteiger partial charge in [-0.3, -0.25) is 14.2 Å². The molecule has 0 saturated heterocycles. The van der Waals surface area contributed by atoms with Crippen LogP contribution in [0.2, 0.25) is 5.02 Å². The summed E-state index contributed by atoms with van der Waals surface area (Å²) in [4.78, 5) is 42.6. The van der Waals surface area contributed by atoms with Crippen LogP contribution in [0.4, 0.5) is 0 Å². The van der Waals surface area contributed by atoms with E-state index in [2.05, 4.69) is 4.99 Å². The average molecular weight is 483 g/mol. The average Bonchev–Trinajstić information content (AvgIpc) is 3.08. The largest absolute Gasteiger partial charge is 0.466 e. The summed E-state index contributed by atoms with van der Waals surface area (Å²) in [5.41, 5.74) is 1.48. The summed E-state index contributed by atoms with van der Waals surface area (Å²) in [6, 6.07) is 13.1. The van der Waals surface area contributed by atoms with E-state index in [0.717, 1.165) is 0 Å². The number of methoxy groups -OCH3 is 1. The van der Waals surface area contributed by atoms with Crippen molar-refractivity contribution in [2.24, 2.45) is 4.99 Å². The number of carbonyl (C=O) groups is 2. The number of thiazole rings is 1. The predicted molar refractivity (Wildman–Crippen MR) is 125 cm³/mol. The number of hydrogen-bond donors (Lipinski definition) is 0. The molecule has 0 saturated carbocycles. The minimum Gasteiger partial charge on any atom is -0.466 e. The number of carbonyl (C=O) groups excluding carboxylic acids is 2. The van der Waals surface area contributed by atoms with Gasteiger partial charge in [-0.2, -0.15) is 0 Å². The summed E-state index contributed by atoms with van der Waals surface area (Å²) >= 11 is 7.64. The number of para-hydroxylation sites is 1. The molecule has 0 radical (unpaired) electrons. The summed E-state index contributed by atoms with van der Waals surface area (Å²) in [7, 11) is 1.28. The molecule has 0 N–H and O–H groups in total. The molecule has 2 heterocycles. The number of nitrogens with zero attached hydrogens (tertiary/aromatic N) is 2. The van der Waals surface area contributed by atoms with Gasteiger partial charge >= 0.3 is 11.9 Å². The zero-order valence-corrected chi connectivity index (χ0v) is 19.6. The molecule has 0 bridgehead atoms. The van der Waals surface area contributed by atoms with Gasteiger partial charge in [0.1, 0.15) is 11.8 Å². The predicted octanol–water partition coefficient (Wildman–Crippen LogP) is 2.99. The van der Waals surface area contributed by atoms with E-state index >= 15 is 0 Å². The van der Waals surface area contributed by atoms with Crippen LogP contribution in [-0.2, 0) is 14.3 Å². The fourth-order valence-corrected chi connectivity index (χ4v) is 4.95. The van der Waals surface area contributed by atoms with Crippen LogP contribution >= 0.6 is 22.9 Å². The Hall–Kier alpha value is -3.49. The molecular weight excluding hydrogens is 464 g/mol. The Bertz CT molecular complexity index is 1480. The lowest BCUT2D eigenvalue weighted by Gasteiger charge is -2.25. The van der Waals surface area contributed by atoms with Crippen LogP contribution in [0.15, 0.2) is 69.6 Å². The highest BCUT2D eigenvalue weighted by atomic mass is 35.5. The number of benzene rings is 2. The van der Waals surface area contributed by atoms with Crippen molar-refractivity contribution in [3.8, 4) is 5.75 Å². The van der Waals surface area contributed by atoms with Crippen LogP contribution < -0.4 is 19.6 Å². The van der Waals surface area contributed by atoms with Crippen LogP contribution in [0.1, 0.15) is 31.0 Å². The van der Waals surface area contributed by atoms with Gasteiger partial charge in [-0.25, -0.2) is 9.79 Å². The molecule has 3 aromatic rings. The third kappa shape index (κ3) is 4.27. The molecule has 1 aliphatic rings. The SMILES string of the molecule is COC(=O)C1=C(C)N=c2sc(=Cc3ccccc3OC(C)=O)c(=O)n2[C@@H]1c1ccccc1Cl. The first-order chi connectivity index (χ1) is 15.8. The van der Waals surface area contributed by atoms with E-state index in [0.29, 0.717) is 36.9 Å². The van der Waals surface area contributed by atoms with E-state index in [-0.39, 0.29) is 11.1 Å². The van der Waals surface area contributed by atoms with E-state index in [4.69, 9.17) is 21.1 Å². The Balaban J connectivity index is 1.98. The lowest BCUT2D eigenvalue weighted by molar-refractivity contribution is -0.136. The quantitative estimate of drug-likeness (QED) is 0.421. The molecule has 0 amide bonds. The maximum Gasteiger partial charge on any atom is 0.338 e. The first-order valence-electron chi connectivity index (χ1n) is 9.94. The molecule has 7 nitrogen and oxygen atoms in total. The van der Waals surface area contributed by atoms with E-state index in [1.807, 2.05) is 0 Å². The molecule has 0 fully saturated rings. The van der Waals surface area contributed by atoms with E-state index in [1.54, 1.807) is 61.5 Å². The molecule has 4 rings (SSSR count). The number of fused-ring (bicyclic) bond motifs is 1. The van der Waals surface area contributed by atoms with Gasteiger partial charge < -0.3 is 9.47 Å². The highest BCUT2D eigenvalue weighted by Gasteiger charge is 2.34. The van der Waals surface area contributed by atoms with Gasteiger partial charge in [0.25, 0.3) is 5.56 Å². The van der Waals surface area contributed by atoms with Crippen LogP contribution in [0.5, 0.6) is 5.75 Å². The molecule has 1 atom stereocenters. The lowest BCUT2D eigenvalue weighted by Crippen LogP contribution is -2.39. The van der Waals surface area contributed by atoms with Crippen molar-refractivity contribution < 1.29 is 19.1 Å². The zero-order valence-electron chi connectivity index (χ0n) is 18.0. The first-order valence-corrected chi connectivity index (χ1v) is 11.1. The van der Waals surface area contributed by atoms with Crippen LogP contribution in [0, 0.1) is 0 Å². The van der Waals surface area contributed by atoms with E-state index in [1.165, 1.54) is 29.9 Å². The Labute approximate surface area is 197 Å². The highest BCUT2D eigenvalue weighted by Crippen LogP contribution is 2.34. The number of rotatable bonds is 4. The van der Waals surface area contributed by atoms with Gasteiger partial charge in [0.15, 0.2) is 4.80 Å². The summed E-state index contributed by atoms with van der Waals surface area (Å²) in [6.07, 6.45) is 1.64. The maximum atomic E-state index is 13.6. The number of hydrogen-bond acceptors (Lipinski definition) is 7. The third-order valence-corrected chi connectivity index (χ3v) is 6.41. The van der Waals surface area contributed by atoms with Gasteiger partial charge in [0.05, 0.1) is 22.9 Å². The topological polar surface area (TPSA) is 87.0 Å². The molecule has 2 aromatic carbocycles. The third-order valence-electron chi connectivity index (χ3n) is 5.09. The van der Waals surface area contributed by atoms with Crippen molar-refractivity contribution in [2.45, 2.75) is 19.9 Å². The summed E-state index contributed by atoms with van der Waals surface area (Å²) < 4.78 is 12.1.